The van der Waals surface area contributed by atoms with Gasteiger partial charge in [0, 0.05) is 24.6 Å². The number of benzene rings is 2. The Balaban J connectivity index is 1.74. The first-order valence-electron chi connectivity index (χ1n) is 10.8. The largest absolute Gasteiger partial charge is 0.492 e. The number of aromatic nitrogens is 2. The Morgan fingerprint density at radius 2 is 1.97 bits per heavy atom. The molecule has 1 aliphatic carbocycles. The van der Waals surface area contributed by atoms with Crippen molar-refractivity contribution in [1.29, 1.82) is 0 Å². The average molecular weight is 451 g/mol. The molecule has 2 aromatic carbocycles. The van der Waals surface area contributed by atoms with Gasteiger partial charge in [-0.3, -0.25) is 4.79 Å². The lowest BCUT2D eigenvalue weighted by molar-refractivity contribution is -0.143. The summed E-state index contributed by atoms with van der Waals surface area (Å²) >= 11 is 0. The third-order valence-corrected chi connectivity index (χ3v) is 6.12. The first kappa shape index (κ1) is 22.7. The maximum Gasteiger partial charge on any atom is 0.308 e. The van der Waals surface area contributed by atoms with Crippen molar-refractivity contribution in [3.63, 3.8) is 0 Å². The van der Waals surface area contributed by atoms with Gasteiger partial charge in [0.25, 0.3) is 0 Å². The second kappa shape index (κ2) is 9.54. The third kappa shape index (κ3) is 4.80. The second-order valence-corrected chi connectivity index (χ2v) is 8.52. The van der Waals surface area contributed by atoms with Crippen molar-refractivity contribution in [2.24, 2.45) is 5.92 Å². The van der Waals surface area contributed by atoms with Crippen LogP contribution in [0, 0.1) is 11.7 Å². The standard InChI is InChI=1S/C25H27FN4O3/c1-30(2)12-13-33-16-8-6-15(7-9-16)18-14-19-17(4-3-5-20(19)26)22(23(18)24(31)32)21-10-11-28-25(27)29-21/h3-11,18,22-23H,12-14H2,1-2H3,(H,31,32)(H2,27,28,29). The molecule has 0 saturated heterocycles. The van der Waals surface area contributed by atoms with Gasteiger partial charge in [0.2, 0.25) is 5.95 Å². The molecule has 3 unspecified atom stereocenters. The van der Waals surface area contributed by atoms with Crippen LogP contribution in [0.3, 0.4) is 0 Å². The van der Waals surface area contributed by atoms with Gasteiger partial charge >= 0.3 is 5.97 Å². The Bertz CT molecular complexity index is 1140. The van der Waals surface area contributed by atoms with Crippen LogP contribution in [0.15, 0.2) is 54.7 Å². The molecule has 1 heterocycles. The number of fused-ring (bicyclic) bond motifs is 1. The number of likely N-dealkylation sites (N-methyl/N-ethyl adjacent to an activating group) is 1. The molecule has 172 valence electrons. The fraction of sp³-hybridized carbons (Fsp3) is 0.320. The van der Waals surface area contributed by atoms with Crippen LogP contribution in [0.4, 0.5) is 10.3 Å². The van der Waals surface area contributed by atoms with Crippen molar-refractivity contribution in [2.45, 2.75) is 18.3 Å². The van der Waals surface area contributed by atoms with Gasteiger partial charge in [0.1, 0.15) is 18.2 Å². The van der Waals surface area contributed by atoms with E-state index in [1.165, 1.54) is 12.3 Å². The lowest BCUT2D eigenvalue weighted by atomic mass is 9.65. The minimum atomic E-state index is -0.969. The zero-order valence-corrected chi connectivity index (χ0v) is 18.6. The van der Waals surface area contributed by atoms with Crippen molar-refractivity contribution in [3.05, 3.63) is 82.9 Å². The zero-order chi connectivity index (χ0) is 23.5. The molecule has 0 amide bonds. The molecule has 1 aromatic heterocycles. The van der Waals surface area contributed by atoms with Crippen LogP contribution in [0.2, 0.25) is 0 Å². The van der Waals surface area contributed by atoms with Crippen LogP contribution in [-0.2, 0) is 11.2 Å². The SMILES string of the molecule is CN(C)CCOc1ccc(C2Cc3c(F)cccc3C(c3ccnc(N)n3)C2C(=O)O)cc1. The van der Waals surface area contributed by atoms with Gasteiger partial charge in [-0.25, -0.2) is 14.4 Å². The van der Waals surface area contributed by atoms with Crippen LogP contribution >= 0.6 is 0 Å². The molecule has 1 aliphatic rings. The highest BCUT2D eigenvalue weighted by atomic mass is 19.1. The fourth-order valence-corrected chi connectivity index (χ4v) is 4.56. The number of ether oxygens (including phenoxy) is 1. The summed E-state index contributed by atoms with van der Waals surface area (Å²) in [6, 6.07) is 13.8. The van der Waals surface area contributed by atoms with E-state index < -0.39 is 23.7 Å². The zero-order valence-electron chi connectivity index (χ0n) is 18.6. The molecular formula is C25H27FN4O3. The molecule has 0 bridgehead atoms. The van der Waals surface area contributed by atoms with Crippen LogP contribution in [0.1, 0.15) is 34.2 Å². The van der Waals surface area contributed by atoms with E-state index in [1.54, 1.807) is 18.2 Å². The molecular weight excluding hydrogens is 423 g/mol. The van der Waals surface area contributed by atoms with E-state index in [-0.39, 0.29) is 18.2 Å². The van der Waals surface area contributed by atoms with Gasteiger partial charge in [-0.1, -0.05) is 24.3 Å². The van der Waals surface area contributed by atoms with E-state index in [9.17, 15) is 14.3 Å². The number of halogens is 1. The number of anilines is 1. The smallest absolute Gasteiger partial charge is 0.308 e. The number of rotatable bonds is 7. The van der Waals surface area contributed by atoms with E-state index >= 15 is 0 Å². The number of carbonyl (C=O) groups is 1. The molecule has 8 heteroatoms. The lowest BCUT2D eigenvalue weighted by Gasteiger charge is -2.37. The minimum absolute atomic E-state index is 0.0518. The Kier molecular flexibility index (Phi) is 6.55. The summed E-state index contributed by atoms with van der Waals surface area (Å²) in [5.74, 6) is -2.53. The molecule has 33 heavy (non-hydrogen) atoms. The number of nitrogens with zero attached hydrogens (tertiary/aromatic N) is 3. The summed E-state index contributed by atoms with van der Waals surface area (Å²) in [6.07, 6.45) is 1.77. The topological polar surface area (TPSA) is 102 Å². The highest BCUT2D eigenvalue weighted by Gasteiger charge is 2.44. The number of aliphatic carboxylic acids is 1. The van der Waals surface area contributed by atoms with Crippen LogP contribution in [-0.4, -0.2) is 53.2 Å². The predicted molar refractivity (Wildman–Crippen MR) is 123 cm³/mol. The monoisotopic (exact) mass is 450 g/mol. The molecule has 3 aromatic rings. The Morgan fingerprint density at radius 1 is 1.21 bits per heavy atom. The van der Waals surface area contributed by atoms with E-state index in [4.69, 9.17) is 10.5 Å². The van der Waals surface area contributed by atoms with Gasteiger partial charge in [-0.05, 0) is 61.5 Å². The van der Waals surface area contributed by atoms with Crippen molar-refractivity contribution in [2.75, 3.05) is 33.0 Å². The molecule has 0 fully saturated rings. The normalized spacial score (nSPS) is 19.8. The summed E-state index contributed by atoms with van der Waals surface area (Å²) in [5, 5.41) is 10.3. The van der Waals surface area contributed by atoms with Gasteiger partial charge in [-0.2, -0.15) is 0 Å². The Morgan fingerprint density at radius 3 is 2.64 bits per heavy atom. The summed E-state index contributed by atoms with van der Waals surface area (Å²) in [6.45, 7) is 1.33. The predicted octanol–water partition coefficient (Wildman–Crippen LogP) is 3.31. The van der Waals surface area contributed by atoms with E-state index in [0.29, 0.717) is 29.2 Å². The van der Waals surface area contributed by atoms with E-state index in [2.05, 4.69) is 9.97 Å². The lowest BCUT2D eigenvalue weighted by Crippen LogP contribution is -2.35. The van der Waals surface area contributed by atoms with Gasteiger partial charge in [0.15, 0.2) is 0 Å². The summed E-state index contributed by atoms with van der Waals surface area (Å²) in [7, 11) is 3.94. The molecule has 0 aliphatic heterocycles. The van der Waals surface area contributed by atoms with Gasteiger partial charge < -0.3 is 20.5 Å². The number of nitrogen functional groups attached to an aromatic ring is 1. The van der Waals surface area contributed by atoms with Gasteiger partial charge in [0.05, 0.1) is 11.6 Å². The number of hydrogen-bond acceptors (Lipinski definition) is 6. The average Bonchev–Trinajstić information content (AvgIpc) is 2.78. The highest BCUT2D eigenvalue weighted by molar-refractivity contribution is 5.75. The fourth-order valence-electron chi connectivity index (χ4n) is 4.56. The quantitative estimate of drug-likeness (QED) is 0.569. The van der Waals surface area contributed by atoms with Crippen molar-refractivity contribution < 1.29 is 19.0 Å². The molecule has 7 nitrogen and oxygen atoms in total. The first-order chi connectivity index (χ1) is 15.8. The van der Waals surface area contributed by atoms with Crippen LogP contribution < -0.4 is 10.5 Å². The molecule has 0 spiro atoms. The highest BCUT2D eigenvalue weighted by Crippen LogP contribution is 2.48. The second-order valence-electron chi connectivity index (χ2n) is 8.52. The van der Waals surface area contributed by atoms with E-state index in [0.717, 1.165) is 12.1 Å². The van der Waals surface area contributed by atoms with E-state index in [1.807, 2.05) is 43.3 Å². The van der Waals surface area contributed by atoms with Crippen LogP contribution in [0.25, 0.3) is 0 Å². The molecule has 0 saturated carbocycles. The van der Waals surface area contributed by atoms with Crippen LogP contribution in [0.5, 0.6) is 5.75 Å². The number of nitrogens with two attached hydrogens (primary N) is 1. The summed E-state index contributed by atoms with van der Waals surface area (Å²) < 4.78 is 20.7. The Hall–Kier alpha value is -3.52. The first-order valence-corrected chi connectivity index (χ1v) is 10.8. The number of carboxylic acid groups (broad SMARTS) is 1. The molecule has 0 radical (unpaired) electrons. The summed E-state index contributed by atoms with van der Waals surface area (Å²) in [4.78, 5) is 22.8. The van der Waals surface area contributed by atoms with Crippen molar-refractivity contribution in [3.8, 4) is 5.75 Å². The van der Waals surface area contributed by atoms with Crippen molar-refractivity contribution in [1.82, 2.24) is 14.9 Å². The molecule has 4 rings (SSSR count). The third-order valence-electron chi connectivity index (χ3n) is 6.12. The van der Waals surface area contributed by atoms with Crippen molar-refractivity contribution >= 4 is 11.9 Å². The number of hydrogen-bond donors (Lipinski definition) is 2. The molecule has 3 N–H and O–H groups in total. The number of carboxylic acids is 1. The maximum atomic E-state index is 14.9. The summed E-state index contributed by atoms with van der Waals surface area (Å²) in [5.41, 5.74) is 8.21. The Labute approximate surface area is 192 Å². The minimum Gasteiger partial charge on any atom is -0.492 e. The molecule has 3 atom stereocenters. The van der Waals surface area contributed by atoms with Gasteiger partial charge in [-0.15, -0.1) is 0 Å². The maximum absolute atomic E-state index is 14.9.